The average molecular weight is 907 g/mol. The maximum Gasteiger partial charge on any atom is 0.264 e. The minimum atomic E-state index is -0.214. The van der Waals surface area contributed by atoms with Crippen LogP contribution < -0.4 is 25.5 Å². The van der Waals surface area contributed by atoms with E-state index in [4.69, 9.17) is 0 Å². The number of hydrogen-bond acceptors (Lipinski definition) is 3. The number of fused-ring (bicyclic) bond motifs is 7. The Bertz CT molecular complexity index is 3280. The zero-order chi connectivity index (χ0) is 47.9. The lowest BCUT2D eigenvalue weighted by atomic mass is 9.36. The van der Waals surface area contributed by atoms with Gasteiger partial charge in [-0.05, 0) is 151 Å². The maximum atomic E-state index is 2.71. The molecule has 2 nitrogen and oxygen atoms in total. The van der Waals surface area contributed by atoms with E-state index < -0.39 is 0 Å². The van der Waals surface area contributed by atoms with Gasteiger partial charge < -0.3 is 9.80 Å². The first-order valence-electron chi connectivity index (χ1n) is 25.0. The van der Waals surface area contributed by atoms with E-state index in [1.807, 2.05) is 11.3 Å². The molecule has 8 aromatic rings. The lowest BCUT2D eigenvalue weighted by Crippen LogP contribution is -2.60. The van der Waals surface area contributed by atoms with Crippen molar-refractivity contribution in [2.75, 3.05) is 9.80 Å². The minimum Gasteiger partial charge on any atom is -0.311 e. The third-order valence-corrected chi connectivity index (χ3v) is 17.4. The molecule has 11 rings (SSSR count). The van der Waals surface area contributed by atoms with Crippen molar-refractivity contribution in [1.29, 1.82) is 0 Å². The van der Waals surface area contributed by atoms with E-state index in [1.54, 1.807) is 0 Å². The first kappa shape index (κ1) is 44.7. The van der Waals surface area contributed by atoms with Crippen LogP contribution in [-0.2, 0) is 27.1 Å². The van der Waals surface area contributed by atoms with Gasteiger partial charge in [-0.2, -0.15) is 0 Å². The zero-order valence-corrected chi connectivity index (χ0v) is 43.5. The van der Waals surface area contributed by atoms with Crippen molar-refractivity contribution < 1.29 is 0 Å². The van der Waals surface area contributed by atoms with Gasteiger partial charge in [0, 0.05) is 48.6 Å². The summed E-state index contributed by atoms with van der Waals surface area (Å²) >= 11 is 2.04. The van der Waals surface area contributed by atoms with E-state index in [-0.39, 0.29) is 33.8 Å². The van der Waals surface area contributed by atoms with Crippen LogP contribution in [0.3, 0.4) is 0 Å². The highest BCUT2D eigenvalue weighted by Gasteiger charge is 2.47. The molecule has 0 bridgehead atoms. The van der Waals surface area contributed by atoms with Crippen LogP contribution in [0.1, 0.15) is 135 Å². The molecule has 68 heavy (non-hydrogen) atoms. The van der Waals surface area contributed by atoms with Crippen LogP contribution in [0, 0.1) is 6.92 Å². The molecule has 0 fully saturated rings. The van der Waals surface area contributed by atoms with Crippen molar-refractivity contribution in [1.82, 2.24) is 0 Å². The summed E-state index contributed by atoms with van der Waals surface area (Å²) in [6.07, 6.45) is 2.37. The van der Waals surface area contributed by atoms with E-state index in [0.29, 0.717) is 0 Å². The molecule has 0 saturated carbocycles. The lowest BCUT2D eigenvalue weighted by molar-refractivity contribution is 0.332. The van der Waals surface area contributed by atoms with Crippen molar-refractivity contribution in [3.05, 3.63) is 185 Å². The Morgan fingerprint density at radius 3 is 1.72 bits per heavy atom. The molecule has 0 radical (unpaired) electrons. The van der Waals surface area contributed by atoms with Crippen LogP contribution in [-0.4, -0.2) is 6.71 Å². The smallest absolute Gasteiger partial charge is 0.264 e. The monoisotopic (exact) mass is 907 g/mol. The second-order valence-electron chi connectivity index (χ2n) is 24.2. The quantitative estimate of drug-likeness (QED) is 0.159. The lowest BCUT2D eigenvalue weighted by Gasteiger charge is -2.44. The van der Waals surface area contributed by atoms with Crippen molar-refractivity contribution in [3.63, 3.8) is 0 Å². The van der Waals surface area contributed by atoms with E-state index in [0.717, 1.165) is 0 Å². The number of aryl methyl sites for hydroxylation is 1. The Hall–Kier alpha value is -5.84. The van der Waals surface area contributed by atoms with Crippen molar-refractivity contribution in [2.45, 2.75) is 130 Å². The van der Waals surface area contributed by atoms with Crippen molar-refractivity contribution in [2.24, 2.45) is 0 Å². The fraction of sp³-hybridized carbons (Fsp3) is 0.312. The fourth-order valence-corrected chi connectivity index (χ4v) is 13.1. The summed E-state index contributed by atoms with van der Waals surface area (Å²) in [5, 5.41) is 1.37. The molecule has 0 spiro atoms. The Morgan fingerprint density at radius 2 is 1.09 bits per heavy atom. The zero-order valence-electron chi connectivity index (χ0n) is 42.7. The largest absolute Gasteiger partial charge is 0.311 e. The van der Waals surface area contributed by atoms with Crippen LogP contribution in [0.2, 0.25) is 0 Å². The first-order valence-corrected chi connectivity index (χ1v) is 25.8. The highest BCUT2D eigenvalue weighted by Crippen LogP contribution is 2.54. The van der Waals surface area contributed by atoms with Crippen LogP contribution in [0.4, 0.5) is 34.1 Å². The fourth-order valence-electron chi connectivity index (χ4n) is 11.8. The molecular formula is C64H67BN2S. The molecule has 3 aliphatic rings. The van der Waals surface area contributed by atoms with E-state index in [2.05, 4.69) is 245 Å². The highest BCUT2D eigenvalue weighted by molar-refractivity contribution is 7.33. The number of hydrogen-bond donors (Lipinski definition) is 0. The minimum absolute atomic E-state index is 0.0179. The Morgan fingerprint density at radius 1 is 0.515 bits per heavy atom. The second kappa shape index (κ2) is 15.3. The SMILES string of the molecule is Cc1cc2c3c(c1)N(c1ccc(C(C)(C)C)cc1-c1ccccc1)c1c(sc4cc5c(cc14)C(C)(C)CCC5(C)C)B3c1ccc(C(C)(C)c3ccccc3)cc1N2c1ccc(C(C)(C)C)cc1. The van der Waals surface area contributed by atoms with Gasteiger partial charge in [0.25, 0.3) is 6.71 Å². The van der Waals surface area contributed by atoms with Crippen molar-refractivity contribution >= 4 is 78.0 Å². The normalized spacial score (nSPS) is 16.0. The number of anilines is 6. The van der Waals surface area contributed by atoms with Crippen LogP contribution >= 0.6 is 11.3 Å². The number of rotatable bonds is 5. The van der Waals surface area contributed by atoms with Gasteiger partial charge in [-0.3, -0.25) is 0 Å². The molecule has 3 heterocycles. The molecule has 7 aromatic carbocycles. The molecule has 1 aromatic heterocycles. The third kappa shape index (κ3) is 7.02. The number of benzene rings is 7. The molecule has 0 atom stereocenters. The molecule has 0 unspecified atom stereocenters. The van der Waals surface area contributed by atoms with E-state index in [9.17, 15) is 0 Å². The topological polar surface area (TPSA) is 6.48 Å². The predicted octanol–water partition coefficient (Wildman–Crippen LogP) is 16.2. The summed E-state index contributed by atoms with van der Waals surface area (Å²) in [4.78, 5) is 5.31. The van der Waals surface area contributed by atoms with Gasteiger partial charge >= 0.3 is 0 Å². The van der Waals surface area contributed by atoms with Gasteiger partial charge in [-0.1, -0.05) is 174 Å². The third-order valence-electron chi connectivity index (χ3n) is 16.2. The van der Waals surface area contributed by atoms with Crippen molar-refractivity contribution in [3.8, 4) is 11.1 Å². The number of nitrogens with zero attached hydrogens (tertiary/aromatic N) is 2. The predicted molar refractivity (Wildman–Crippen MR) is 297 cm³/mol. The Kier molecular flexibility index (Phi) is 10.1. The Balaban J connectivity index is 1.26. The molecule has 4 heteroatoms. The van der Waals surface area contributed by atoms with E-state index in [1.165, 1.54) is 123 Å². The molecule has 1 aliphatic carbocycles. The molecule has 2 aliphatic heterocycles. The maximum absolute atomic E-state index is 2.71. The second-order valence-corrected chi connectivity index (χ2v) is 25.3. The molecule has 0 saturated heterocycles. The standard InChI is InChI=1S/C64H67BN2S/c1-40-34-54-57-55(35-40)67(52-31-27-44(61(5,6)7)36-47(52)41-20-16-14-17-21-41)58-48-38-49-50(63(10,11)33-32-62(49,8)9)39-56(48)68-59(58)65(57)51-30-26-45(64(12,13)43-22-18-15-19-23-43)37-53(51)66(54)46-28-24-42(25-29-46)60(2,3)4/h14-31,34-39H,32-33H2,1-13H3. The van der Waals surface area contributed by atoms with Crippen LogP contribution in [0.15, 0.2) is 146 Å². The summed E-state index contributed by atoms with van der Waals surface area (Å²) in [5.74, 6) is 0. The van der Waals surface area contributed by atoms with Gasteiger partial charge in [-0.25, -0.2) is 0 Å². The summed E-state index contributed by atoms with van der Waals surface area (Å²) in [5.41, 5.74) is 22.3. The van der Waals surface area contributed by atoms with E-state index >= 15 is 0 Å². The van der Waals surface area contributed by atoms with Gasteiger partial charge in [0.05, 0.1) is 11.4 Å². The first-order chi connectivity index (χ1) is 32.1. The summed E-state index contributed by atoms with van der Waals surface area (Å²) in [6.45, 7) is 30.9. The highest BCUT2D eigenvalue weighted by atomic mass is 32.1. The van der Waals surface area contributed by atoms with Crippen LogP contribution in [0.5, 0.6) is 0 Å². The Labute approximate surface area is 411 Å². The van der Waals surface area contributed by atoms with Gasteiger partial charge in [0.1, 0.15) is 0 Å². The van der Waals surface area contributed by atoms with Gasteiger partial charge in [0.2, 0.25) is 0 Å². The molecule has 342 valence electrons. The van der Waals surface area contributed by atoms with Crippen LogP contribution in [0.25, 0.3) is 21.2 Å². The van der Waals surface area contributed by atoms with Gasteiger partial charge in [0.15, 0.2) is 0 Å². The molecule has 0 N–H and O–H groups in total. The summed E-state index contributed by atoms with van der Waals surface area (Å²) < 4.78 is 2.81. The van der Waals surface area contributed by atoms with Gasteiger partial charge in [-0.15, -0.1) is 11.3 Å². The number of thiophene rings is 1. The molecule has 0 amide bonds. The summed E-state index contributed by atoms with van der Waals surface area (Å²) in [6, 6.07) is 56.6. The summed E-state index contributed by atoms with van der Waals surface area (Å²) in [7, 11) is 0. The molecular weight excluding hydrogens is 840 g/mol. The average Bonchev–Trinajstić information content (AvgIpc) is 3.68.